The number of ketones is 1. The maximum absolute atomic E-state index is 12.9. The van der Waals surface area contributed by atoms with Gasteiger partial charge in [-0.25, -0.2) is 0 Å². The highest BCUT2D eigenvalue weighted by molar-refractivity contribution is 6.46. The van der Waals surface area contributed by atoms with Crippen LogP contribution in [-0.2, 0) is 9.59 Å². The molecule has 0 aromatic heterocycles. The number of amides is 1. The average molecular weight is 409 g/mol. The van der Waals surface area contributed by atoms with Crippen molar-refractivity contribution in [1.82, 2.24) is 4.90 Å². The Morgan fingerprint density at radius 2 is 1.80 bits per heavy atom. The van der Waals surface area contributed by atoms with Crippen LogP contribution in [0.3, 0.4) is 0 Å². The second-order valence-electron chi connectivity index (χ2n) is 7.08. The number of aliphatic hydroxyl groups excluding tert-OH is 1. The number of hydrogen-bond donors (Lipinski definition) is 1. The van der Waals surface area contributed by atoms with Crippen LogP contribution >= 0.6 is 0 Å². The van der Waals surface area contributed by atoms with Gasteiger partial charge in [-0.15, -0.1) is 0 Å². The summed E-state index contributed by atoms with van der Waals surface area (Å²) in [5, 5.41) is 11.0. The van der Waals surface area contributed by atoms with Crippen LogP contribution < -0.4 is 9.47 Å². The Labute approximate surface area is 176 Å². The number of Topliss-reactive ketones (excluding diaryl/α,β-unsaturated/α-hetero) is 1. The normalized spacial score (nSPS) is 18.0. The molecule has 6 heteroatoms. The van der Waals surface area contributed by atoms with Gasteiger partial charge in [0.1, 0.15) is 17.3 Å². The summed E-state index contributed by atoms with van der Waals surface area (Å²) < 4.78 is 10.8. The lowest BCUT2D eigenvalue weighted by Crippen LogP contribution is -2.30. The van der Waals surface area contributed by atoms with Gasteiger partial charge in [-0.2, -0.15) is 0 Å². The SMILES string of the molecule is CCCCN1C(=O)C(=O)/C(=C(\O)c2ccc(OC)cc2)C1c1cccc(OCC)c1. The fourth-order valence-electron chi connectivity index (χ4n) is 3.63. The van der Waals surface area contributed by atoms with Crippen molar-refractivity contribution in [3.8, 4) is 11.5 Å². The Morgan fingerprint density at radius 3 is 2.43 bits per heavy atom. The Hall–Kier alpha value is -3.28. The van der Waals surface area contributed by atoms with Crippen molar-refractivity contribution in [3.05, 3.63) is 65.2 Å². The lowest BCUT2D eigenvalue weighted by Gasteiger charge is -2.25. The largest absolute Gasteiger partial charge is 0.507 e. The molecule has 1 aliphatic rings. The first-order valence-electron chi connectivity index (χ1n) is 10.2. The second-order valence-corrected chi connectivity index (χ2v) is 7.08. The number of unbranched alkanes of at least 4 members (excludes halogenated alkanes) is 1. The van der Waals surface area contributed by atoms with Crippen LogP contribution in [0.5, 0.6) is 11.5 Å². The maximum atomic E-state index is 12.9. The minimum absolute atomic E-state index is 0.0925. The molecule has 2 aromatic rings. The quantitative estimate of drug-likeness (QED) is 0.399. The van der Waals surface area contributed by atoms with Crippen molar-refractivity contribution < 1.29 is 24.2 Å². The van der Waals surface area contributed by atoms with Crippen LogP contribution in [0.4, 0.5) is 0 Å². The Kier molecular flexibility index (Phi) is 6.77. The Bertz CT molecular complexity index is 948. The van der Waals surface area contributed by atoms with Gasteiger partial charge in [0.05, 0.1) is 25.3 Å². The van der Waals surface area contributed by atoms with Gasteiger partial charge in [-0.3, -0.25) is 9.59 Å². The predicted molar refractivity (Wildman–Crippen MR) is 115 cm³/mol. The first-order chi connectivity index (χ1) is 14.5. The maximum Gasteiger partial charge on any atom is 0.295 e. The van der Waals surface area contributed by atoms with Crippen molar-refractivity contribution in [3.63, 3.8) is 0 Å². The van der Waals surface area contributed by atoms with E-state index >= 15 is 0 Å². The van der Waals surface area contributed by atoms with Crippen molar-refractivity contribution in [2.24, 2.45) is 0 Å². The summed E-state index contributed by atoms with van der Waals surface area (Å²) in [4.78, 5) is 27.3. The molecule has 3 rings (SSSR count). The number of rotatable bonds is 8. The molecule has 1 unspecified atom stereocenters. The summed E-state index contributed by atoms with van der Waals surface area (Å²) in [5.41, 5.74) is 1.27. The van der Waals surface area contributed by atoms with E-state index < -0.39 is 17.7 Å². The van der Waals surface area contributed by atoms with Crippen LogP contribution in [0.25, 0.3) is 5.76 Å². The molecule has 1 amide bonds. The molecule has 0 saturated carbocycles. The molecule has 1 N–H and O–H groups in total. The summed E-state index contributed by atoms with van der Waals surface area (Å²) >= 11 is 0. The number of hydrogen-bond acceptors (Lipinski definition) is 5. The van der Waals surface area contributed by atoms with Gasteiger partial charge in [-0.05, 0) is 55.3 Å². The predicted octanol–water partition coefficient (Wildman–Crippen LogP) is 4.32. The van der Waals surface area contributed by atoms with Gasteiger partial charge >= 0.3 is 0 Å². The van der Waals surface area contributed by atoms with Crippen molar-refractivity contribution in [2.45, 2.75) is 32.7 Å². The highest BCUT2D eigenvalue weighted by Crippen LogP contribution is 2.40. The fourth-order valence-corrected chi connectivity index (χ4v) is 3.63. The Morgan fingerprint density at radius 1 is 1.07 bits per heavy atom. The van der Waals surface area contributed by atoms with Crippen molar-refractivity contribution in [2.75, 3.05) is 20.3 Å². The molecule has 6 nitrogen and oxygen atoms in total. The van der Waals surface area contributed by atoms with E-state index in [1.165, 1.54) is 0 Å². The smallest absolute Gasteiger partial charge is 0.295 e. The van der Waals surface area contributed by atoms with Gasteiger partial charge < -0.3 is 19.5 Å². The monoisotopic (exact) mass is 409 g/mol. The molecule has 30 heavy (non-hydrogen) atoms. The van der Waals surface area contributed by atoms with E-state index in [2.05, 4.69) is 0 Å². The zero-order valence-corrected chi connectivity index (χ0v) is 17.6. The van der Waals surface area contributed by atoms with E-state index in [-0.39, 0.29) is 11.3 Å². The summed E-state index contributed by atoms with van der Waals surface area (Å²) in [5.74, 6) is -0.171. The molecule has 1 fully saturated rings. The van der Waals surface area contributed by atoms with Gasteiger partial charge in [-0.1, -0.05) is 25.5 Å². The van der Waals surface area contributed by atoms with E-state index in [4.69, 9.17) is 9.47 Å². The molecule has 0 bridgehead atoms. The molecule has 158 valence electrons. The lowest BCUT2D eigenvalue weighted by molar-refractivity contribution is -0.139. The lowest BCUT2D eigenvalue weighted by atomic mass is 9.95. The summed E-state index contributed by atoms with van der Waals surface area (Å²) in [7, 11) is 1.56. The first kappa shape index (κ1) is 21.4. The minimum Gasteiger partial charge on any atom is -0.507 e. The van der Waals surface area contributed by atoms with Crippen LogP contribution in [-0.4, -0.2) is 42.0 Å². The Balaban J connectivity index is 2.13. The number of carbonyl (C=O) groups is 2. The van der Waals surface area contributed by atoms with E-state index in [0.29, 0.717) is 30.2 Å². The van der Waals surface area contributed by atoms with E-state index in [1.54, 1.807) is 36.3 Å². The number of aliphatic hydroxyl groups is 1. The first-order valence-corrected chi connectivity index (χ1v) is 10.2. The molecule has 1 heterocycles. The summed E-state index contributed by atoms with van der Waals surface area (Å²) in [6, 6.07) is 13.4. The molecule has 1 atom stereocenters. The van der Waals surface area contributed by atoms with Gasteiger partial charge in [0.15, 0.2) is 0 Å². The van der Waals surface area contributed by atoms with Crippen LogP contribution in [0.2, 0.25) is 0 Å². The molecule has 1 saturated heterocycles. The molecule has 0 radical (unpaired) electrons. The average Bonchev–Trinajstić information content (AvgIpc) is 3.02. The summed E-state index contributed by atoms with van der Waals surface area (Å²) in [6.07, 6.45) is 1.64. The standard InChI is InChI=1S/C24H27NO5/c1-4-6-14-25-21(17-8-7-9-19(15-17)30-5-2)20(23(27)24(25)28)22(26)16-10-12-18(29-3)13-11-16/h7-13,15,21,26H,4-6,14H2,1-3H3/b22-20-. The van der Waals surface area contributed by atoms with Gasteiger partial charge in [0, 0.05) is 12.1 Å². The van der Waals surface area contributed by atoms with Gasteiger partial charge in [0.2, 0.25) is 0 Å². The molecule has 0 spiro atoms. The molecular weight excluding hydrogens is 382 g/mol. The number of nitrogens with zero attached hydrogens (tertiary/aromatic N) is 1. The number of ether oxygens (including phenoxy) is 2. The van der Waals surface area contributed by atoms with Gasteiger partial charge in [0.25, 0.3) is 11.7 Å². The second kappa shape index (κ2) is 9.48. The molecule has 2 aromatic carbocycles. The minimum atomic E-state index is -0.675. The zero-order chi connectivity index (χ0) is 21.7. The number of carbonyl (C=O) groups excluding carboxylic acids is 2. The number of methoxy groups -OCH3 is 1. The van der Waals surface area contributed by atoms with E-state index in [1.807, 2.05) is 38.1 Å². The van der Waals surface area contributed by atoms with E-state index in [9.17, 15) is 14.7 Å². The zero-order valence-electron chi connectivity index (χ0n) is 17.6. The molecular formula is C24H27NO5. The van der Waals surface area contributed by atoms with Crippen LogP contribution in [0, 0.1) is 0 Å². The molecule has 0 aliphatic carbocycles. The third-order valence-electron chi connectivity index (χ3n) is 5.14. The topological polar surface area (TPSA) is 76.1 Å². The highest BCUT2D eigenvalue weighted by Gasteiger charge is 2.45. The fraction of sp³-hybridized carbons (Fsp3) is 0.333. The summed E-state index contributed by atoms with van der Waals surface area (Å²) in [6.45, 7) is 4.86. The van der Waals surface area contributed by atoms with E-state index in [0.717, 1.165) is 18.4 Å². The van der Waals surface area contributed by atoms with Crippen molar-refractivity contribution in [1.29, 1.82) is 0 Å². The highest BCUT2D eigenvalue weighted by atomic mass is 16.5. The number of likely N-dealkylation sites (tertiary alicyclic amines) is 1. The molecule has 1 aliphatic heterocycles. The van der Waals surface area contributed by atoms with Crippen molar-refractivity contribution >= 4 is 17.4 Å². The van der Waals surface area contributed by atoms with Crippen LogP contribution in [0.15, 0.2) is 54.1 Å². The third kappa shape index (κ3) is 4.17. The number of benzene rings is 2. The third-order valence-corrected chi connectivity index (χ3v) is 5.14. The van der Waals surface area contributed by atoms with Crippen LogP contribution in [0.1, 0.15) is 43.9 Å².